The molecule has 2 atom stereocenters. The lowest BCUT2D eigenvalue weighted by Gasteiger charge is -2.37. The number of piperidine rings is 1. The van der Waals surface area contributed by atoms with Gasteiger partial charge in [0.1, 0.15) is 11.3 Å². The van der Waals surface area contributed by atoms with Gasteiger partial charge in [-0.15, -0.1) is 11.3 Å². The maximum absolute atomic E-state index is 13.2. The van der Waals surface area contributed by atoms with Gasteiger partial charge in [0, 0.05) is 23.3 Å². The maximum Gasteiger partial charge on any atom is 0.271 e. The van der Waals surface area contributed by atoms with Crippen LogP contribution in [-0.2, 0) is 0 Å². The Labute approximate surface area is 155 Å². The van der Waals surface area contributed by atoms with Gasteiger partial charge in [0.15, 0.2) is 4.96 Å². The molecule has 4 heterocycles. The third-order valence-corrected chi connectivity index (χ3v) is 6.32. The molecule has 0 bridgehead atoms. The molecule has 0 spiro atoms. The summed E-state index contributed by atoms with van der Waals surface area (Å²) in [5, 5.41) is 0. The lowest BCUT2D eigenvalue weighted by Crippen LogP contribution is -2.42. The molecule has 0 radical (unpaired) electrons. The Morgan fingerprint density at radius 1 is 1.38 bits per heavy atom. The molecule has 1 aliphatic rings. The predicted octanol–water partition coefficient (Wildman–Crippen LogP) is 3.58. The molecule has 0 aromatic carbocycles. The molecule has 3 aromatic heterocycles. The number of aromatic nitrogens is 2. The van der Waals surface area contributed by atoms with E-state index in [0.29, 0.717) is 17.4 Å². The number of likely N-dealkylation sites (tertiary alicyclic amines) is 1. The summed E-state index contributed by atoms with van der Waals surface area (Å²) in [6.45, 7) is 6.62. The molecule has 1 fully saturated rings. The Morgan fingerprint density at radius 2 is 2.19 bits per heavy atom. The summed E-state index contributed by atoms with van der Waals surface area (Å²) in [6, 6.07) is 3.58. The van der Waals surface area contributed by atoms with Gasteiger partial charge in [-0.05, 0) is 44.7 Å². The molecule has 0 unspecified atom stereocenters. The number of amides is 1. The van der Waals surface area contributed by atoms with Crippen molar-refractivity contribution in [1.29, 1.82) is 0 Å². The Bertz CT molecular complexity index is 1020. The number of hydrogen-bond donors (Lipinski definition) is 0. The van der Waals surface area contributed by atoms with E-state index in [4.69, 9.17) is 4.42 Å². The minimum Gasteiger partial charge on any atom is -0.467 e. The van der Waals surface area contributed by atoms with E-state index in [0.717, 1.165) is 29.2 Å². The summed E-state index contributed by atoms with van der Waals surface area (Å²) in [7, 11) is 0. The molecule has 0 aliphatic carbocycles. The van der Waals surface area contributed by atoms with Gasteiger partial charge >= 0.3 is 0 Å². The van der Waals surface area contributed by atoms with Crippen LogP contribution in [0.1, 0.15) is 52.5 Å². The molecule has 0 N–H and O–H groups in total. The topological polar surface area (TPSA) is 67.8 Å². The summed E-state index contributed by atoms with van der Waals surface area (Å²) in [5.74, 6) is 0.993. The van der Waals surface area contributed by atoms with Gasteiger partial charge in [-0.1, -0.05) is 6.92 Å². The molecule has 6 nitrogen and oxygen atoms in total. The highest BCUT2D eigenvalue weighted by molar-refractivity contribution is 7.17. The van der Waals surface area contributed by atoms with Crippen molar-refractivity contribution in [2.75, 3.05) is 6.54 Å². The molecule has 3 aromatic rings. The lowest BCUT2D eigenvalue weighted by molar-refractivity contribution is 0.0518. The van der Waals surface area contributed by atoms with E-state index in [2.05, 4.69) is 11.9 Å². The monoisotopic (exact) mass is 371 g/mol. The van der Waals surface area contributed by atoms with Crippen LogP contribution in [0.3, 0.4) is 0 Å². The van der Waals surface area contributed by atoms with Gasteiger partial charge in [-0.3, -0.25) is 14.0 Å². The standard InChI is InChI=1S/C19H21N3O3S/c1-11-6-7-21(15(9-11)16-5-4-8-25-16)17(23)14-10-20-19-22(18(14)24)12(2)13(3)26-19/h4-5,8,10-11,15H,6-7,9H2,1-3H3/t11-,15-/m0/s1. The van der Waals surface area contributed by atoms with Gasteiger partial charge in [0.25, 0.3) is 11.5 Å². The van der Waals surface area contributed by atoms with Crippen molar-refractivity contribution in [2.45, 2.75) is 39.7 Å². The second-order valence-corrected chi connectivity index (χ2v) is 8.18. The summed E-state index contributed by atoms with van der Waals surface area (Å²) < 4.78 is 7.11. The van der Waals surface area contributed by atoms with Crippen LogP contribution in [0.5, 0.6) is 0 Å². The first-order chi connectivity index (χ1) is 12.5. The van der Waals surface area contributed by atoms with Crippen molar-refractivity contribution in [2.24, 2.45) is 5.92 Å². The average molecular weight is 371 g/mol. The zero-order valence-electron chi connectivity index (χ0n) is 15.1. The van der Waals surface area contributed by atoms with Crippen LogP contribution in [-0.4, -0.2) is 26.7 Å². The SMILES string of the molecule is Cc1sc2ncc(C(=O)N3CC[C@H](C)C[C@H]3c3ccco3)c(=O)n2c1C. The average Bonchev–Trinajstić information content (AvgIpc) is 3.24. The maximum atomic E-state index is 13.2. The van der Waals surface area contributed by atoms with E-state index < -0.39 is 0 Å². The molecular formula is C19H21N3O3S. The second-order valence-electron chi connectivity index (χ2n) is 7.00. The zero-order valence-corrected chi connectivity index (χ0v) is 15.9. The highest BCUT2D eigenvalue weighted by Gasteiger charge is 2.34. The van der Waals surface area contributed by atoms with Crippen molar-refractivity contribution in [3.8, 4) is 0 Å². The largest absolute Gasteiger partial charge is 0.467 e. The molecule has 0 saturated carbocycles. The highest BCUT2D eigenvalue weighted by Crippen LogP contribution is 2.35. The van der Waals surface area contributed by atoms with Gasteiger partial charge in [0.05, 0.1) is 12.3 Å². The Morgan fingerprint density at radius 3 is 2.92 bits per heavy atom. The van der Waals surface area contributed by atoms with E-state index in [1.165, 1.54) is 17.5 Å². The van der Waals surface area contributed by atoms with E-state index in [1.54, 1.807) is 15.6 Å². The zero-order chi connectivity index (χ0) is 18.4. The second kappa shape index (κ2) is 6.39. The van der Waals surface area contributed by atoms with Crippen molar-refractivity contribution < 1.29 is 9.21 Å². The molecule has 26 heavy (non-hydrogen) atoms. The van der Waals surface area contributed by atoms with E-state index in [9.17, 15) is 9.59 Å². The molecule has 1 amide bonds. The summed E-state index contributed by atoms with van der Waals surface area (Å²) in [6.07, 6.45) is 4.78. The summed E-state index contributed by atoms with van der Waals surface area (Å²) in [4.78, 5) is 34.0. The van der Waals surface area contributed by atoms with E-state index in [1.807, 2.05) is 26.0 Å². The van der Waals surface area contributed by atoms with Crippen LogP contribution in [0, 0.1) is 19.8 Å². The number of furan rings is 1. The number of nitrogens with zero attached hydrogens (tertiary/aromatic N) is 3. The van der Waals surface area contributed by atoms with Crippen molar-refractivity contribution >= 4 is 22.2 Å². The van der Waals surface area contributed by atoms with E-state index >= 15 is 0 Å². The molecular weight excluding hydrogens is 350 g/mol. The molecule has 1 aliphatic heterocycles. The van der Waals surface area contributed by atoms with Gasteiger partial charge in [0.2, 0.25) is 0 Å². The minimum atomic E-state index is -0.293. The highest BCUT2D eigenvalue weighted by atomic mass is 32.1. The van der Waals surface area contributed by atoms with Crippen LogP contribution >= 0.6 is 11.3 Å². The number of rotatable bonds is 2. The first-order valence-corrected chi connectivity index (χ1v) is 9.61. The molecule has 136 valence electrons. The molecule has 7 heteroatoms. The third-order valence-electron chi connectivity index (χ3n) is 5.25. The number of fused-ring (bicyclic) bond motifs is 1. The summed E-state index contributed by atoms with van der Waals surface area (Å²) in [5.41, 5.74) is 0.667. The van der Waals surface area contributed by atoms with Crippen LogP contribution in [0.4, 0.5) is 0 Å². The number of carbonyl (C=O) groups excluding carboxylic acids is 1. The van der Waals surface area contributed by atoms with Gasteiger partial charge in [-0.25, -0.2) is 4.98 Å². The first kappa shape index (κ1) is 17.0. The molecule has 1 saturated heterocycles. The fourth-order valence-corrected chi connectivity index (χ4v) is 4.54. The van der Waals surface area contributed by atoms with E-state index in [-0.39, 0.29) is 23.1 Å². The third kappa shape index (κ3) is 2.67. The van der Waals surface area contributed by atoms with Gasteiger partial charge in [-0.2, -0.15) is 0 Å². The Kier molecular flexibility index (Phi) is 4.19. The fourth-order valence-electron chi connectivity index (χ4n) is 3.61. The number of carbonyl (C=O) groups is 1. The Hall–Kier alpha value is -2.41. The minimum absolute atomic E-state index is 0.120. The lowest BCUT2D eigenvalue weighted by atomic mass is 9.90. The quantitative estimate of drug-likeness (QED) is 0.690. The normalized spacial score (nSPS) is 20.7. The first-order valence-electron chi connectivity index (χ1n) is 8.79. The number of aryl methyl sites for hydroxylation is 2. The van der Waals surface area contributed by atoms with Crippen molar-refractivity contribution in [3.05, 3.63) is 56.8 Å². The number of thiazole rings is 1. The summed E-state index contributed by atoms with van der Waals surface area (Å²) >= 11 is 1.46. The van der Waals surface area contributed by atoms with Crippen LogP contribution in [0.25, 0.3) is 4.96 Å². The fraction of sp³-hybridized carbons (Fsp3) is 0.421. The Balaban J connectivity index is 1.77. The smallest absolute Gasteiger partial charge is 0.271 e. The van der Waals surface area contributed by atoms with Crippen molar-refractivity contribution in [3.63, 3.8) is 0 Å². The molecule has 4 rings (SSSR count). The van der Waals surface area contributed by atoms with Crippen LogP contribution < -0.4 is 5.56 Å². The van der Waals surface area contributed by atoms with Gasteiger partial charge < -0.3 is 9.32 Å². The van der Waals surface area contributed by atoms with Crippen LogP contribution in [0.2, 0.25) is 0 Å². The predicted molar refractivity (Wildman–Crippen MR) is 99.7 cm³/mol. The van der Waals surface area contributed by atoms with Crippen LogP contribution in [0.15, 0.2) is 33.8 Å². The number of hydrogen-bond acceptors (Lipinski definition) is 5. The van der Waals surface area contributed by atoms with Crippen molar-refractivity contribution in [1.82, 2.24) is 14.3 Å².